The van der Waals surface area contributed by atoms with Gasteiger partial charge in [-0.05, 0) is 55.8 Å². The van der Waals surface area contributed by atoms with Gasteiger partial charge in [0, 0.05) is 12.7 Å². The van der Waals surface area contributed by atoms with Crippen molar-refractivity contribution in [1.29, 1.82) is 0 Å². The summed E-state index contributed by atoms with van der Waals surface area (Å²) in [7, 11) is 1.39. The Balaban J connectivity index is 1.61. The Hall–Kier alpha value is -3.95. The molecule has 0 radical (unpaired) electrons. The van der Waals surface area contributed by atoms with Crippen molar-refractivity contribution in [2.75, 3.05) is 32.1 Å². The van der Waals surface area contributed by atoms with Crippen molar-refractivity contribution in [3.05, 3.63) is 59.9 Å². The molecular weight excluding hydrogens is 431 g/mol. The molecule has 1 atom stereocenters. The molecular formula is C23H25FN4O5. The van der Waals surface area contributed by atoms with Gasteiger partial charge in [-0.2, -0.15) is 0 Å². The van der Waals surface area contributed by atoms with E-state index in [0.717, 1.165) is 9.80 Å². The number of carbonyl (C=O) groups excluding carboxylic acids is 4. The molecule has 0 spiro atoms. The van der Waals surface area contributed by atoms with Crippen LogP contribution in [-0.4, -0.2) is 60.3 Å². The summed E-state index contributed by atoms with van der Waals surface area (Å²) in [4.78, 5) is 52.2. The Morgan fingerprint density at radius 1 is 1.12 bits per heavy atom. The van der Waals surface area contributed by atoms with E-state index in [1.807, 2.05) is 6.92 Å². The zero-order valence-corrected chi connectivity index (χ0v) is 18.6. The molecule has 174 valence electrons. The molecule has 10 heteroatoms. The first-order valence-corrected chi connectivity index (χ1v) is 10.3. The van der Waals surface area contributed by atoms with Crippen molar-refractivity contribution >= 4 is 29.4 Å². The van der Waals surface area contributed by atoms with Crippen LogP contribution in [0, 0.1) is 5.82 Å². The van der Waals surface area contributed by atoms with Gasteiger partial charge in [-0.25, -0.2) is 9.18 Å². The summed E-state index contributed by atoms with van der Waals surface area (Å²) in [6.45, 7) is 3.09. The summed E-state index contributed by atoms with van der Waals surface area (Å²) in [6.07, 6.45) is 0. The first-order chi connectivity index (χ1) is 15.6. The summed E-state index contributed by atoms with van der Waals surface area (Å²) in [5.41, 5.74) is -0.408. The third kappa shape index (κ3) is 5.28. The van der Waals surface area contributed by atoms with Crippen LogP contribution < -0.4 is 15.4 Å². The zero-order chi connectivity index (χ0) is 24.2. The zero-order valence-electron chi connectivity index (χ0n) is 18.6. The first kappa shape index (κ1) is 23.7. The number of anilines is 1. The molecule has 5 amide bonds. The number of carbonyl (C=O) groups is 4. The van der Waals surface area contributed by atoms with Crippen LogP contribution in [0.25, 0.3) is 0 Å². The van der Waals surface area contributed by atoms with E-state index in [9.17, 15) is 23.6 Å². The number of rotatable bonds is 8. The Bertz CT molecular complexity index is 1060. The first-order valence-electron chi connectivity index (χ1n) is 10.3. The summed E-state index contributed by atoms with van der Waals surface area (Å²) >= 11 is 0. The topological polar surface area (TPSA) is 108 Å². The van der Waals surface area contributed by atoms with Gasteiger partial charge in [0.15, 0.2) is 0 Å². The van der Waals surface area contributed by atoms with Crippen molar-refractivity contribution < 1.29 is 28.3 Å². The number of hydrogen-bond acceptors (Lipinski definition) is 5. The number of nitrogens with zero attached hydrogens (tertiary/aromatic N) is 2. The van der Waals surface area contributed by atoms with Gasteiger partial charge in [0.1, 0.15) is 23.7 Å². The fourth-order valence-corrected chi connectivity index (χ4v) is 3.38. The molecule has 1 saturated heterocycles. The molecule has 0 aromatic heterocycles. The van der Waals surface area contributed by atoms with E-state index in [0.29, 0.717) is 23.6 Å². The summed E-state index contributed by atoms with van der Waals surface area (Å²) < 4.78 is 18.4. The molecule has 2 aromatic carbocycles. The van der Waals surface area contributed by atoms with E-state index < -0.39 is 41.7 Å². The number of hydrogen-bond donors (Lipinski definition) is 2. The van der Waals surface area contributed by atoms with Crippen LogP contribution in [0.1, 0.15) is 19.4 Å². The standard InChI is InChI=1S/C23H25FN4O5/c1-4-33-18-11-5-15(6-12-18)23(2)21(31)28(22(32)26-23)14-20(30)27(3)13-19(29)25-17-9-7-16(24)8-10-17/h5-12H,4,13-14H2,1-3H3,(H,25,29)(H,26,32)/t23-/m1/s1. The number of benzene rings is 2. The molecule has 2 aromatic rings. The molecule has 1 fully saturated rings. The number of ether oxygens (including phenoxy) is 1. The highest BCUT2D eigenvalue weighted by atomic mass is 19.1. The molecule has 1 aliphatic heterocycles. The second-order valence-corrected chi connectivity index (χ2v) is 7.71. The lowest BCUT2D eigenvalue weighted by molar-refractivity contribution is -0.139. The minimum Gasteiger partial charge on any atom is -0.494 e. The smallest absolute Gasteiger partial charge is 0.325 e. The Morgan fingerprint density at radius 3 is 2.36 bits per heavy atom. The van der Waals surface area contributed by atoms with Crippen LogP contribution >= 0.6 is 0 Å². The Morgan fingerprint density at radius 2 is 1.76 bits per heavy atom. The Kier molecular flexibility index (Phi) is 6.95. The molecule has 1 heterocycles. The number of imide groups is 1. The molecule has 33 heavy (non-hydrogen) atoms. The van der Waals surface area contributed by atoms with Crippen LogP contribution in [0.2, 0.25) is 0 Å². The van der Waals surface area contributed by atoms with Gasteiger partial charge in [-0.15, -0.1) is 0 Å². The molecule has 0 unspecified atom stereocenters. The van der Waals surface area contributed by atoms with E-state index in [2.05, 4.69) is 10.6 Å². The molecule has 0 aliphatic carbocycles. The van der Waals surface area contributed by atoms with E-state index >= 15 is 0 Å². The number of amides is 5. The van der Waals surface area contributed by atoms with Crippen LogP contribution in [-0.2, 0) is 19.9 Å². The number of urea groups is 1. The highest BCUT2D eigenvalue weighted by Crippen LogP contribution is 2.30. The monoisotopic (exact) mass is 456 g/mol. The second-order valence-electron chi connectivity index (χ2n) is 7.71. The summed E-state index contributed by atoms with van der Waals surface area (Å²) in [5.74, 6) is -1.48. The maximum Gasteiger partial charge on any atom is 0.325 e. The van der Waals surface area contributed by atoms with Crippen LogP contribution in [0.3, 0.4) is 0 Å². The molecule has 2 N–H and O–H groups in total. The van der Waals surface area contributed by atoms with Crippen molar-refractivity contribution in [3.63, 3.8) is 0 Å². The highest BCUT2D eigenvalue weighted by Gasteiger charge is 2.49. The second kappa shape index (κ2) is 9.68. The van der Waals surface area contributed by atoms with Crippen molar-refractivity contribution in [2.24, 2.45) is 0 Å². The minimum absolute atomic E-state index is 0.310. The molecule has 3 rings (SSSR count). The van der Waals surface area contributed by atoms with Crippen molar-refractivity contribution in [2.45, 2.75) is 19.4 Å². The third-order valence-electron chi connectivity index (χ3n) is 5.25. The van der Waals surface area contributed by atoms with E-state index in [1.165, 1.54) is 31.3 Å². The molecule has 0 saturated carbocycles. The molecule has 0 bridgehead atoms. The minimum atomic E-state index is -1.33. The van der Waals surface area contributed by atoms with E-state index in [4.69, 9.17) is 4.74 Å². The average Bonchev–Trinajstić information content (AvgIpc) is 2.99. The third-order valence-corrected chi connectivity index (χ3v) is 5.25. The van der Waals surface area contributed by atoms with Gasteiger partial charge in [0.2, 0.25) is 11.8 Å². The lowest BCUT2D eigenvalue weighted by Gasteiger charge is -2.23. The highest BCUT2D eigenvalue weighted by molar-refractivity contribution is 6.09. The average molecular weight is 456 g/mol. The predicted octanol–water partition coefficient (Wildman–Crippen LogP) is 2.09. The van der Waals surface area contributed by atoms with Gasteiger partial charge < -0.3 is 20.3 Å². The molecule has 9 nitrogen and oxygen atoms in total. The van der Waals surface area contributed by atoms with Gasteiger partial charge in [-0.3, -0.25) is 19.3 Å². The van der Waals surface area contributed by atoms with E-state index in [1.54, 1.807) is 31.2 Å². The lowest BCUT2D eigenvalue weighted by Crippen LogP contribution is -2.45. The van der Waals surface area contributed by atoms with Crippen molar-refractivity contribution in [1.82, 2.24) is 15.1 Å². The SMILES string of the molecule is CCOc1ccc([C@@]2(C)NC(=O)N(CC(=O)N(C)CC(=O)Nc3ccc(F)cc3)C2=O)cc1. The van der Waals surface area contributed by atoms with Crippen LogP contribution in [0.5, 0.6) is 5.75 Å². The predicted molar refractivity (Wildman–Crippen MR) is 118 cm³/mol. The van der Waals surface area contributed by atoms with Gasteiger partial charge >= 0.3 is 6.03 Å². The number of nitrogens with one attached hydrogen (secondary N) is 2. The largest absolute Gasteiger partial charge is 0.494 e. The normalized spacial score (nSPS) is 17.5. The van der Waals surface area contributed by atoms with Gasteiger partial charge in [0.25, 0.3) is 5.91 Å². The van der Waals surface area contributed by atoms with Crippen molar-refractivity contribution in [3.8, 4) is 5.75 Å². The maximum absolute atomic E-state index is 13.0. The van der Waals surface area contributed by atoms with Gasteiger partial charge in [0.05, 0.1) is 13.2 Å². The summed E-state index contributed by atoms with van der Waals surface area (Å²) in [6, 6.07) is 11.2. The number of likely N-dealkylation sites (N-methyl/N-ethyl adjacent to an activating group) is 1. The maximum atomic E-state index is 13.0. The quantitative estimate of drug-likeness (QED) is 0.592. The fraction of sp³-hybridized carbons (Fsp3) is 0.304. The van der Waals surface area contributed by atoms with Crippen LogP contribution in [0.15, 0.2) is 48.5 Å². The molecule has 1 aliphatic rings. The van der Waals surface area contributed by atoms with Crippen LogP contribution in [0.4, 0.5) is 14.9 Å². The Labute approximate surface area is 190 Å². The van der Waals surface area contributed by atoms with E-state index in [-0.39, 0.29) is 6.54 Å². The number of halogens is 1. The summed E-state index contributed by atoms with van der Waals surface area (Å²) in [5, 5.41) is 5.18. The fourth-order valence-electron chi connectivity index (χ4n) is 3.38. The van der Waals surface area contributed by atoms with Gasteiger partial charge in [-0.1, -0.05) is 12.1 Å². The lowest BCUT2D eigenvalue weighted by atomic mass is 9.92.